The van der Waals surface area contributed by atoms with Gasteiger partial charge in [-0.2, -0.15) is 0 Å². The molecule has 0 amide bonds. The van der Waals surface area contributed by atoms with Crippen LogP contribution in [0.3, 0.4) is 0 Å². The van der Waals surface area contributed by atoms with Crippen molar-refractivity contribution < 1.29 is 30.5 Å². The number of hydrogen-bond donors (Lipinski definition) is 0. The average Bonchev–Trinajstić information content (AvgIpc) is 3.75. The van der Waals surface area contributed by atoms with Crippen LogP contribution in [-0.4, -0.2) is 0 Å². The van der Waals surface area contributed by atoms with Crippen LogP contribution in [0.1, 0.15) is 26.0 Å². The summed E-state index contributed by atoms with van der Waals surface area (Å²) in [5.74, 6) is 0. The van der Waals surface area contributed by atoms with E-state index in [1.165, 1.54) is 0 Å². The second-order valence-electron chi connectivity index (χ2n) is 12.5. The lowest BCUT2D eigenvalue weighted by molar-refractivity contribution is 0.669. The summed E-state index contributed by atoms with van der Waals surface area (Å²) in [5, 5.41) is 0.224. The molecular formula is C52H32O. The first-order valence-electron chi connectivity index (χ1n) is 26.2. The van der Waals surface area contributed by atoms with Gasteiger partial charge >= 0.3 is 0 Å². The van der Waals surface area contributed by atoms with Gasteiger partial charge in [0.1, 0.15) is 11.2 Å². The molecule has 0 N–H and O–H groups in total. The SMILES string of the molecule is [2H]c1c([2H])c([2H])c(-c2c3c([2H])c([2H])c([2H])c([2H])c3c(-c3c([2H])c([2H])c4c([2H])c(-c5ccc6oc7cccc(-c8cccc9ccccc89)c7c6c5)c([2H])c([2H])c4c3[2H])c3c([2H])c([2H])c([2H])c([2H])c23)c([2H])c1[2H]. The largest absolute Gasteiger partial charge is 0.456 e. The summed E-state index contributed by atoms with van der Waals surface area (Å²) in [7, 11) is 0. The highest BCUT2D eigenvalue weighted by molar-refractivity contribution is 6.22. The van der Waals surface area contributed by atoms with Crippen LogP contribution >= 0.6 is 0 Å². The maximum Gasteiger partial charge on any atom is 0.136 e. The van der Waals surface area contributed by atoms with Crippen LogP contribution in [0.25, 0.3) is 110 Å². The van der Waals surface area contributed by atoms with Gasteiger partial charge in [0, 0.05) is 10.8 Å². The molecule has 0 radical (unpaired) electrons. The normalized spacial score (nSPS) is 16.8. The van der Waals surface area contributed by atoms with Gasteiger partial charge in [-0.05, 0) is 118 Å². The Morgan fingerprint density at radius 1 is 0.358 bits per heavy atom. The fourth-order valence-electron chi connectivity index (χ4n) is 7.31. The summed E-state index contributed by atoms with van der Waals surface area (Å²) < 4.78 is 179. The van der Waals surface area contributed by atoms with Crippen LogP contribution in [0.15, 0.2) is 198 Å². The molecule has 0 fully saturated rings. The Morgan fingerprint density at radius 3 is 1.72 bits per heavy atom. The quantitative estimate of drug-likeness (QED) is 0.167. The van der Waals surface area contributed by atoms with Crippen molar-refractivity contribution in [1.29, 1.82) is 0 Å². The summed E-state index contributed by atoms with van der Waals surface area (Å²) in [4.78, 5) is 0. The molecule has 1 heterocycles. The molecule has 0 saturated carbocycles. The lowest BCUT2D eigenvalue weighted by Gasteiger charge is -2.18. The molecule has 53 heavy (non-hydrogen) atoms. The molecule has 11 rings (SSSR count). The van der Waals surface area contributed by atoms with Gasteiger partial charge in [-0.1, -0.05) is 163 Å². The number of rotatable bonds is 4. The van der Waals surface area contributed by atoms with Crippen LogP contribution < -0.4 is 0 Å². The van der Waals surface area contributed by atoms with Crippen LogP contribution in [0, 0.1) is 0 Å². The van der Waals surface area contributed by atoms with Crippen LogP contribution in [-0.2, 0) is 0 Å². The van der Waals surface area contributed by atoms with Gasteiger partial charge in [-0.25, -0.2) is 0 Å². The van der Waals surface area contributed by atoms with E-state index in [4.69, 9.17) is 16.8 Å². The molecule has 0 bridgehead atoms. The van der Waals surface area contributed by atoms with E-state index in [1.807, 2.05) is 60.7 Å². The predicted molar refractivity (Wildman–Crippen MR) is 225 cm³/mol. The summed E-state index contributed by atoms with van der Waals surface area (Å²) in [6.45, 7) is 0. The van der Waals surface area contributed by atoms with E-state index in [1.54, 1.807) is 18.2 Å². The van der Waals surface area contributed by atoms with E-state index < -0.39 is 164 Å². The third kappa shape index (κ3) is 4.71. The van der Waals surface area contributed by atoms with E-state index in [9.17, 15) is 13.7 Å². The van der Waals surface area contributed by atoms with Crippen LogP contribution in [0.4, 0.5) is 0 Å². The van der Waals surface area contributed by atoms with E-state index in [0.717, 1.165) is 27.3 Å². The average molecular weight is 692 g/mol. The van der Waals surface area contributed by atoms with Crippen molar-refractivity contribution >= 4 is 65.0 Å². The highest BCUT2D eigenvalue weighted by Gasteiger charge is 2.18. The molecule has 0 aliphatic carbocycles. The molecule has 1 heteroatoms. The Balaban J connectivity index is 1.25. The highest BCUT2D eigenvalue weighted by Crippen LogP contribution is 2.45. The second-order valence-corrected chi connectivity index (χ2v) is 12.5. The molecule has 0 atom stereocenters. The monoisotopic (exact) mass is 691 g/mol. The van der Waals surface area contributed by atoms with Crippen molar-refractivity contribution in [2.24, 2.45) is 0 Å². The minimum Gasteiger partial charge on any atom is -0.456 e. The Morgan fingerprint density at radius 2 is 0.962 bits per heavy atom. The van der Waals surface area contributed by atoms with Crippen molar-refractivity contribution in [3.8, 4) is 44.5 Å². The van der Waals surface area contributed by atoms with Crippen molar-refractivity contribution in [2.45, 2.75) is 0 Å². The van der Waals surface area contributed by atoms with E-state index in [2.05, 4.69) is 0 Å². The number of fused-ring (bicyclic) bond motifs is 7. The van der Waals surface area contributed by atoms with Gasteiger partial charge in [0.05, 0.1) is 26.0 Å². The van der Waals surface area contributed by atoms with Gasteiger partial charge in [-0.15, -0.1) is 0 Å². The lowest BCUT2D eigenvalue weighted by Crippen LogP contribution is -1.90. The zero-order chi connectivity index (χ0) is 51.4. The molecule has 0 aliphatic rings. The Kier molecular flexibility index (Phi) is 3.69. The first-order chi connectivity index (χ1) is 34.2. The molecule has 10 aromatic carbocycles. The van der Waals surface area contributed by atoms with E-state index in [-0.39, 0.29) is 16.5 Å². The van der Waals surface area contributed by atoms with Crippen LogP contribution in [0.5, 0.6) is 0 Å². The minimum atomic E-state index is -0.870. The topological polar surface area (TPSA) is 13.1 Å². The van der Waals surface area contributed by atoms with E-state index >= 15 is 0 Å². The molecule has 0 aliphatic heterocycles. The molecule has 0 spiro atoms. The predicted octanol–water partition coefficient (Wildman–Crippen LogP) is 14.9. The Labute approximate surface area is 333 Å². The van der Waals surface area contributed by atoms with Crippen molar-refractivity contribution in [3.05, 3.63) is 194 Å². The zero-order valence-electron chi connectivity index (χ0n) is 46.4. The summed E-state index contributed by atoms with van der Waals surface area (Å²) >= 11 is 0. The molecule has 246 valence electrons. The van der Waals surface area contributed by atoms with Crippen LogP contribution in [0.2, 0.25) is 0 Å². The smallest absolute Gasteiger partial charge is 0.136 e. The van der Waals surface area contributed by atoms with Gasteiger partial charge in [-0.3, -0.25) is 0 Å². The highest BCUT2D eigenvalue weighted by atomic mass is 16.3. The maximum atomic E-state index is 9.80. The standard InChI is InChI=1S/C52H32O/c1-2-13-34(14-3-1)50-43-17-6-8-19-45(43)51(46-20-9-7-18-44(46)50)39-27-26-35-30-36(24-25-37(35)31-39)38-28-29-48-47(32-38)52-42(22-11-23-49(52)53-48)41-21-10-15-33-12-4-5-16-40(33)41/h1-32H/i1D,2D,3D,6D,7D,8D,9D,13D,14D,17D,18D,19D,20D,24D,25D,26D,27D,30D,31D. The zero-order valence-corrected chi connectivity index (χ0v) is 27.4. The fraction of sp³-hybridized carbons (Fsp3) is 0. The molecule has 1 nitrogen and oxygen atoms in total. The lowest BCUT2D eigenvalue weighted by atomic mass is 9.85. The second kappa shape index (κ2) is 11.8. The molecule has 0 saturated heterocycles. The Bertz CT molecular complexity index is 4220. The van der Waals surface area contributed by atoms with E-state index in [0.29, 0.717) is 16.6 Å². The molecule has 11 aromatic rings. The first-order valence-corrected chi connectivity index (χ1v) is 16.7. The van der Waals surface area contributed by atoms with Gasteiger partial charge in [0.15, 0.2) is 0 Å². The van der Waals surface area contributed by atoms with Gasteiger partial charge in [0.2, 0.25) is 0 Å². The third-order valence-electron chi connectivity index (χ3n) is 9.61. The van der Waals surface area contributed by atoms with Crippen molar-refractivity contribution in [2.75, 3.05) is 0 Å². The summed E-state index contributed by atoms with van der Waals surface area (Å²) in [6, 6.07) is 9.44. The number of hydrogen-bond acceptors (Lipinski definition) is 1. The van der Waals surface area contributed by atoms with Gasteiger partial charge < -0.3 is 4.42 Å². The Hall–Kier alpha value is -6.96. The fourth-order valence-corrected chi connectivity index (χ4v) is 7.31. The summed E-state index contributed by atoms with van der Waals surface area (Å²) in [6.07, 6.45) is 0. The first kappa shape index (κ1) is 16.6. The molecule has 0 unspecified atom stereocenters. The van der Waals surface area contributed by atoms with Crippen molar-refractivity contribution in [3.63, 3.8) is 0 Å². The van der Waals surface area contributed by atoms with Gasteiger partial charge in [0.25, 0.3) is 0 Å². The minimum absolute atomic E-state index is 0.103. The summed E-state index contributed by atoms with van der Waals surface area (Å²) in [5.41, 5.74) is 0.607. The number of benzene rings is 10. The number of furan rings is 1. The maximum absolute atomic E-state index is 9.80. The third-order valence-corrected chi connectivity index (χ3v) is 9.61. The van der Waals surface area contributed by atoms with Crippen molar-refractivity contribution in [1.82, 2.24) is 0 Å². The molecule has 1 aromatic heterocycles. The molecular weight excluding hydrogens is 641 g/mol.